The molecule has 0 saturated carbocycles. The summed E-state index contributed by atoms with van der Waals surface area (Å²) in [4.78, 5) is 9.00. The van der Waals surface area contributed by atoms with Crippen LogP contribution in [0.4, 0.5) is 0 Å². The van der Waals surface area contributed by atoms with Crippen LogP contribution in [-0.4, -0.2) is 16.2 Å². The van der Waals surface area contributed by atoms with Crippen molar-refractivity contribution in [2.75, 3.05) is 0 Å². The summed E-state index contributed by atoms with van der Waals surface area (Å²) in [5, 5.41) is 16.7. The van der Waals surface area contributed by atoms with Gasteiger partial charge in [-0.2, -0.15) is 0 Å². The van der Waals surface area contributed by atoms with Gasteiger partial charge in [0.25, 0.3) is 5.97 Å². The Labute approximate surface area is 79.1 Å². The number of carbonyl (C=O) groups is 1. The Morgan fingerprint density at radius 1 is 1.38 bits per heavy atom. The second-order valence-electron chi connectivity index (χ2n) is 3.13. The van der Waals surface area contributed by atoms with Crippen LogP contribution in [0.5, 0.6) is 0 Å². The number of hydrogen-bond donors (Lipinski definition) is 2. The van der Waals surface area contributed by atoms with Gasteiger partial charge in [-0.3, -0.25) is 4.79 Å². The van der Waals surface area contributed by atoms with Gasteiger partial charge < -0.3 is 10.2 Å². The standard InChI is InChI=1S/C8H14O.C2H4O2/c1-2-7-5-3-4-6-8(7)9;1-2(3)4/h9H,2-6H2,1H3;1H3,(H,3,4). The first-order valence-electron chi connectivity index (χ1n) is 4.67. The normalized spacial score (nSPS) is 16.2. The van der Waals surface area contributed by atoms with E-state index in [9.17, 15) is 5.11 Å². The fourth-order valence-electron chi connectivity index (χ4n) is 1.33. The highest BCUT2D eigenvalue weighted by Gasteiger charge is 2.08. The van der Waals surface area contributed by atoms with E-state index >= 15 is 0 Å². The summed E-state index contributed by atoms with van der Waals surface area (Å²) in [6.45, 7) is 3.19. The molecule has 0 spiro atoms. The van der Waals surface area contributed by atoms with E-state index in [1.54, 1.807) is 0 Å². The van der Waals surface area contributed by atoms with Gasteiger partial charge in [0, 0.05) is 13.3 Å². The molecular formula is C10H18O3. The molecule has 0 aromatic heterocycles. The van der Waals surface area contributed by atoms with E-state index in [0.29, 0.717) is 5.76 Å². The van der Waals surface area contributed by atoms with Crippen molar-refractivity contribution >= 4 is 5.97 Å². The summed E-state index contributed by atoms with van der Waals surface area (Å²) in [7, 11) is 0. The predicted octanol–water partition coefficient (Wildman–Crippen LogP) is 2.87. The van der Waals surface area contributed by atoms with Crippen molar-refractivity contribution < 1.29 is 15.0 Å². The van der Waals surface area contributed by atoms with E-state index in [0.717, 1.165) is 26.2 Å². The maximum Gasteiger partial charge on any atom is 0.300 e. The first kappa shape index (κ1) is 12.0. The number of aliphatic carboxylic acids is 1. The van der Waals surface area contributed by atoms with Crippen molar-refractivity contribution in [2.24, 2.45) is 0 Å². The average Bonchev–Trinajstić information content (AvgIpc) is 2.04. The minimum absolute atomic E-state index is 0.670. The molecule has 0 bridgehead atoms. The van der Waals surface area contributed by atoms with Crippen LogP contribution in [0.15, 0.2) is 11.3 Å². The first-order valence-corrected chi connectivity index (χ1v) is 4.67. The van der Waals surface area contributed by atoms with Gasteiger partial charge in [0.1, 0.15) is 0 Å². The Balaban J connectivity index is 0.000000310. The molecule has 1 aliphatic carbocycles. The minimum Gasteiger partial charge on any atom is -0.512 e. The lowest BCUT2D eigenvalue weighted by atomic mass is 9.96. The van der Waals surface area contributed by atoms with E-state index in [1.165, 1.54) is 18.4 Å². The van der Waals surface area contributed by atoms with Gasteiger partial charge in [-0.1, -0.05) is 6.92 Å². The number of carboxylic acids is 1. The second kappa shape index (κ2) is 6.52. The van der Waals surface area contributed by atoms with Crippen LogP contribution in [0.25, 0.3) is 0 Å². The number of rotatable bonds is 1. The van der Waals surface area contributed by atoms with Crippen LogP contribution >= 0.6 is 0 Å². The minimum atomic E-state index is -0.833. The molecule has 0 unspecified atom stereocenters. The van der Waals surface area contributed by atoms with Gasteiger partial charge in [0.15, 0.2) is 0 Å². The molecule has 1 aliphatic rings. The van der Waals surface area contributed by atoms with Gasteiger partial charge in [-0.15, -0.1) is 0 Å². The molecule has 3 heteroatoms. The van der Waals surface area contributed by atoms with Crippen molar-refractivity contribution in [3.63, 3.8) is 0 Å². The van der Waals surface area contributed by atoms with E-state index in [4.69, 9.17) is 9.90 Å². The monoisotopic (exact) mass is 186 g/mol. The Morgan fingerprint density at radius 2 is 1.85 bits per heavy atom. The molecular weight excluding hydrogens is 168 g/mol. The van der Waals surface area contributed by atoms with Crippen LogP contribution < -0.4 is 0 Å². The van der Waals surface area contributed by atoms with Gasteiger partial charge in [-0.05, 0) is 31.3 Å². The van der Waals surface area contributed by atoms with E-state index in [-0.39, 0.29) is 0 Å². The molecule has 0 fully saturated rings. The fourth-order valence-corrected chi connectivity index (χ4v) is 1.33. The molecule has 1 rings (SSSR count). The lowest BCUT2D eigenvalue weighted by Crippen LogP contribution is -1.97. The summed E-state index contributed by atoms with van der Waals surface area (Å²) in [5.41, 5.74) is 1.28. The highest BCUT2D eigenvalue weighted by atomic mass is 16.4. The van der Waals surface area contributed by atoms with Crippen LogP contribution in [0, 0.1) is 0 Å². The average molecular weight is 186 g/mol. The molecule has 2 N–H and O–H groups in total. The molecule has 0 atom stereocenters. The fraction of sp³-hybridized carbons (Fsp3) is 0.700. The Bertz CT molecular complexity index is 190. The maximum absolute atomic E-state index is 9.25. The lowest BCUT2D eigenvalue weighted by Gasteiger charge is -2.13. The predicted molar refractivity (Wildman–Crippen MR) is 51.7 cm³/mol. The number of hydrogen-bond acceptors (Lipinski definition) is 2. The van der Waals surface area contributed by atoms with Crippen LogP contribution in [-0.2, 0) is 4.79 Å². The third-order valence-corrected chi connectivity index (χ3v) is 1.98. The van der Waals surface area contributed by atoms with Gasteiger partial charge in [0.2, 0.25) is 0 Å². The third-order valence-electron chi connectivity index (χ3n) is 1.98. The highest BCUT2D eigenvalue weighted by Crippen LogP contribution is 2.24. The SMILES string of the molecule is CC(=O)O.CCC1=C(O)CCCC1. The highest BCUT2D eigenvalue weighted by molar-refractivity contribution is 5.62. The molecule has 0 aliphatic heterocycles. The van der Waals surface area contributed by atoms with Crippen molar-refractivity contribution in [3.05, 3.63) is 11.3 Å². The van der Waals surface area contributed by atoms with Crippen molar-refractivity contribution in [3.8, 4) is 0 Å². The zero-order chi connectivity index (χ0) is 10.3. The van der Waals surface area contributed by atoms with Crippen LogP contribution in [0.1, 0.15) is 46.0 Å². The number of allylic oxidation sites excluding steroid dienone is 2. The topological polar surface area (TPSA) is 57.5 Å². The van der Waals surface area contributed by atoms with Crippen LogP contribution in [0.2, 0.25) is 0 Å². The molecule has 0 amide bonds. The summed E-state index contributed by atoms with van der Waals surface area (Å²) >= 11 is 0. The summed E-state index contributed by atoms with van der Waals surface area (Å²) in [5.74, 6) is -0.163. The molecule has 0 aromatic carbocycles. The summed E-state index contributed by atoms with van der Waals surface area (Å²) in [6.07, 6.45) is 5.53. The lowest BCUT2D eigenvalue weighted by molar-refractivity contribution is -0.134. The number of aliphatic hydroxyl groups is 1. The zero-order valence-corrected chi connectivity index (χ0v) is 8.34. The number of carboxylic acid groups (broad SMARTS) is 1. The third kappa shape index (κ3) is 6.20. The van der Waals surface area contributed by atoms with Gasteiger partial charge in [-0.25, -0.2) is 0 Å². The molecule has 0 aromatic rings. The largest absolute Gasteiger partial charge is 0.512 e. The van der Waals surface area contributed by atoms with Gasteiger partial charge in [0.05, 0.1) is 5.76 Å². The quantitative estimate of drug-likeness (QED) is 0.662. The molecule has 0 radical (unpaired) electrons. The smallest absolute Gasteiger partial charge is 0.300 e. The second-order valence-corrected chi connectivity index (χ2v) is 3.13. The molecule has 0 heterocycles. The maximum atomic E-state index is 9.25. The Kier molecular flexibility index (Phi) is 6.02. The zero-order valence-electron chi connectivity index (χ0n) is 8.34. The molecule has 0 saturated heterocycles. The Morgan fingerprint density at radius 3 is 2.15 bits per heavy atom. The van der Waals surface area contributed by atoms with E-state index in [2.05, 4.69) is 6.92 Å². The Hall–Kier alpha value is -0.990. The number of aliphatic hydroxyl groups excluding tert-OH is 1. The van der Waals surface area contributed by atoms with Gasteiger partial charge >= 0.3 is 0 Å². The van der Waals surface area contributed by atoms with Crippen LogP contribution in [0.3, 0.4) is 0 Å². The van der Waals surface area contributed by atoms with Crippen molar-refractivity contribution in [1.29, 1.82) is 0 Å². The van der Waals surface area contributed by atoms with E-state index < -0.39 is 5.97 Å². The first-order chi connectivity index (χ1) is 6.07. The summed E-state index contributed by atoms with van der Waals surface area (Å²) in [6, 6.07) is 0. The summed E-state index contributed by atoms with van der Waals surface area (Å²) < 4.78 is 0. The molecule has 76 valence electrons. The molecule has 3 nitrogen and oxygen atoms in total. The molecule has 13 heavy (non-hydrogen) atoms. The van der Waals surface area contributed by atoms with Crippen molar-refractivity contribution in [1.82, 2.24) is 0 Å². The van der Waals surface area contributed by atoms with Crippen molar-refractivity contribution in [2.45, 2.75) is 46.0 Å². The van der Waals surface area contributed by atoms with E-state index in [1.807, 2.05) is 0 Å².